The van der Waals surface area contributed by atoms with Crippen molar-refractivity contribution in [2.75, 3.05) is 6.61 Å². The Morgan fingerprint density at radius 3 is 2.80 bits per heavy atom. The van der Waals surface area contributed by atoms with Gasteiger partial charge in [-0.2, -0.15) is 0 Å². The molecule has 20 heavy (non-hydrogen) atoms. The lowest BCUT2D eigenvalue weighted by Crippen LogP contribution is -2.33. The summed E-state index contributed by atoms with van der Waals surface area (Å²) in [7, 11) is 0. The Bertz CT molecular complexity index is 499. The van der Waals surface area contributed by atoms with Crippen LogP contribution in [0.1, 0.15) is 30.6 Å². The molecule has 3 nitrogen and oxygen atoms in total. The standard InChI is InChI=1S/C16H21NO2S/c1-11(2)20-15-6-4-3-5-14(15)16(19)17-13-8-7-12(9-13)10-18/h3-8,11-13,18H,9-10H2,1-2H3,(H,17,19)/t12-,13+/m0/s1. The average Bonchev–Trinajstić information content (AvgIpc) is 2.86. The highest BCUT2D eigenvalue weighted by Crippen LogP contribution is 2.27. The largest absolute Gasteiger partial charge is 0.396 e. The van der Waals surface area contributed by atoms with Crippen molar-refractivity contribution in [3.05, 3.63) is 42.0 Å². The Morgan fingerprint density at radius 2 is 2.15 bits per heavy atom. The smallest absolute Gasteiger partial charge is 0.252 e. The first-order chi connectivity index (χ1) is 9.60. The third-order valence-corrected chi connectivity index (χ3v) is 4.30. The predicted molar refractivity (Wildman–Crippen MR) is 83.0 cm³/mol. The Balaban J connectivity index is 2.04. The van der Waals surface area contributed by atoms with Crippen molar-refractivity contribution in [1.82, 2.24) is 5.32 Å². The molecule has 0 fully saturated rings. The maximum absolute atomic E-state index is 12.4. The third-order valence-electron chi connectivity index (χ3n) is 3.22. The van der Waals surface area contributed by atoms with Crippen LogP contribution in [0.3, 0.4) is 0 Å². The van der Waals surface area contributed by atoms with Gasteiger partial charge in [0.15, 0.2) is 0 Å². The van der Waals surface area contributed by atoms with Gasteiger partial charge in [-0.25, -0.2) is 0 Å². The fraction of sp³-hybridized carbons (Fsp3) is 0.438. The van der Waals surface area contributed by atoms with E-state index in [4.69, 9.17) is 5.11 Å². The van der Waals surface area contributed by atoms with E-state index in [0.717, 1.165) is 16.9 Å². The maximum Gasteiger partial charge on any atom is 0.252 e. The second kappa shape index (κ2) is 6.95. The summed E-state index contributed by atoms with van der Waals surface area (Å²) in [5, 5.41) is 12.6. The highest BCUT2D eigenvalue weighted by atomic mass is 32.2. The second-order valence-corrected chi connectivity index (χ2v) is 6.92. The number of hydrogen-bond donors (Lipinski definition) is 2. The number of aliphatic hydroxyl groups is 1. The minimum absolute atomic E-state index is 0.0248. The third kappa shape index (κ3) is 3.87. The van der Waals surface area contributed by atoms with E-state index in [9.17, 15) is 4.79 Å². The Morgan fingerprint density at radius 1 is 1.40 bits per heavy atom. The molecule has 0 spiro atoms. The van der Waals surface area contributed by atoms with Crippen LogP contribution in [0.2, 0.25) is 0 Å². The van der Waals surface area contributed by atoms with Gasteiger partial charge in [-0.15, -0.1) is 11.8 Å². The molecule has 2 rings (SSSR count). The van der Waals surface area contributed by atoms with Crippen LogP contribution in [0.5, 0.6) is 0 Å². The minimum atomic E-state index is -0.0398. The SMILES string of the molecule is CC(C)Sc1ccccc1C(=O)N[C@@H]1C=C[C@H](CO)C1. The normalized spacial score (nSPS) is 21.4. The zero-order chi connectivity index (χ0) is 14.5. The van der Waals surface area contributed by atoms with Crippen molar-refractivity contribution in [3.8, 4) is 0 Å². The monoisotopic (exact) mass is 291 g/mol. The lowest BCUT2D eigenvalue weighted by Gasteiger charge is -2.15. The first-order valence-corrected chi connectivity index (χ1v) is 7.84. The number of rotatable bonds is 5. The number of carbonyl (C=O) groups is 1. The highest BCUT2D eigenvalue weighted by Gasteiger charge is 2.21. The van der Waals surface area contributed by atoms with Gasteiger partial charge in [-0.05, 0) is 18.6 Å². The van der Waals surface area contributed by atoms with Crippen LogP contribution in [0, 0.1) is 5.92 Å². The van der Waals surface area contributed by atoms with E-state index >= 15 is 0 Å². The number of hydrogen-bond acceptors (Lipinski definition) is 3. The quantitative estimate of drug-likeness (QED) is 0.648. The average molecular weight is 291 g/mol. The maximum atomic E-state index is 12.4. The molecule has 0 aromatic heterocycles. The molecular weight excluding hydrogens is 270 g/mol. The number of aliphatic hydroxyl groups excluding tert-OH is 1. The van der Waals surface area contributed by atoms with E-state index < -0.39 is 0 Å². The van der Waals surface area contributed by atoms with Crippen molar-refractivity contribution >= 4 is 17.7 Å². The van der Waals surface area contributed by atoms with Crippen LogP contribution in [0.15, 0.2) is 41.3 Å². The molecule has 0 unspecified atom stereocenters. The lowest BCUT2D eigenvalue weighted by atomic mass is 10.1. The van der Waals surface area contributed by atoms with Gasteiger partial charge in [0, 0.05) is 28.7 Å². The van der Waals surface area contributed by atoms with Gasteiger partial charge < -0.3 is 10.4 Å². The zero-order valence-electron chi connectivity index (χ0n) is 11.9. The molecule has 1 aliphatic carbocycles. The second-order valence-electron chi connectivity index (χ2n) is 5.31. The zero-order valence-corrected chi connectivity index (χ0v) is 12.7. The molecule has 0 bridgehead atoms. The van der Waals surface area contributed by atoms with Gasteiger partial charge in [-0.1, -0.05) is 38.1 Å². The summed E-state index contributed by atoms with van der Waals surface area (Å²) in [4.78, 5) is 13.4. The summed E-state index contributed by atoms with van der Waals surface area (Å²) >= 11 is 1.70. The molecule has 4 heteroatoms. The summed E-state index contributed by atoms with van der Waals surface area (Å²) < 4.78 is 0. The minimum Gasteiger partial charge on any atom is -0.396 e. The van der Waals surface area contributed by atoms with E-state index in [1.165, 1.54) is 0 Å². The lowest BCUT2D eigenvalue weighted by molar-refractivity contribution is 0.0938. The van der Waals surface area contributed by atoms with Crippen LogP contribution >= 0.6 is 11.8 Å². The number of benzene rings is 1. The van der Waals surface area contributed by atoms with E-state index in [1.54, 1.807) is 11.8 Å². The van der Waals surface area contributed by atoms with Crippen molar-refractivity contribution < 1.29 is 9.90 Å². The number of thioether (sulfide) groups is 1. The van der Waals surface area contributed by atoms with Crippen molar-refractivity contribution in [1.29, 1.82) is 0 Å². The van der Waals surface area contributed by atoms with Crippen LogP contribution in [0.4, 0.5) is 0 Å². The highest BCUT2D eigenvalue weighted by molar-refractivity contribution is 8.00. The number of nitrogens with one attached hydrogen (secondary N) is 1. The molecular formula is C16H21NO2S. The molecule has 0 saturated carbocycles. The molecule has 0 radical (unpaired) electrons. The Kier molecular flexibility index (Phi) is 5.26. The van der Waals surface area contributed by atoms with E-state index in [2.05, 4.69) is 19.2 Å². The van der Waals surface area contributed by atoms with Gasteiger partial charge in [-0.3, -0.25) is 4.79 Å². The summed E-state index contributed by atoms with van der Waals surface area (Å²) in [6.45, 7) is 4.37. The summed E-state index contributed by atoms with van der Waals surface area (Å²) in [5.74, 6) is 0.127. The van der Waals surface area contributed by atoms with Crippen molar-refractivity contribution in [2.45, 2.75) is 36.5 Å². The van der Waals surface area contributed by atoms with E-state index in [1.807, 2.05) is 36.4 Å². The molecule has 1 aliphatic rings. The van der Waals surface area contributed by atoms with Crippen molar-refractivity contribution in [2.24, 2.45) is 5.92 Å². The topological polar surface area (TPSA) is 49.3 Å². The Hall–Kier alpha value is -1.26. The molecule has 0 aliphatic heterocycles. The molecule has 108 valence electrons. The van der Waals surface area contributed by atoms with Gasteiger partial charge in [0.25, 0.3) is 5.91 Å². The predicted octanol–water partition coefficient (Wildman–Crippen LogP) is 2.85. The molecule has 1 amide bonds. The van der Waals surface area contributed by atoms with Crippen LogP contribution < -0.4 is 5.32 Å². The molecule has 2 atom stereocenters. The Labute approximate surface area is 124 Å². The van der Waals surface area contributed by atoms with Crippen molar-refractivity contribution in [3.63, 3.8) is 0 Å². The molecule has 0 saturated heterocycles. The van der Waals surface area contributed by atoms with E-state index in [0.29, 0.717) is 5.25 Å². The summed E-state index contributed by atoms with van der Waals surface area (Å²) in [5.41, 5.74) is 0.729. The van der Waals surface area contributed by atoms with Crippen LogP contribution in [0.25, 0.3) is 0 Å². The van der Waals surface area contributed by atoms with Gasteiger partial charge in [0.1, 0.15) is 0 Å². The first-order valence-electron chi connectivity index (χ1n) is 6.96. The first kappa shape index (κ1) is 15.1. The summed E-state index contributed by atoms with van der Waals surface area (Å²) in [6, 6.07) is 7.72. The summed E-state index contributed by atoms with van der Waals surface area (Å²) in [6.07, 6.45) is 4.72. The fourth-order valence-corrected chi connectivity index (χ4v) is 3.23. The fourth-order valence-electron chi connectivity index (χ4n) is 2.27. The van der Waals surface area contributed by atoms with E-state index in [-0.39, 0.29) is 24.5 Å². The molecule has 2 N–H and O–H groups in total. The van der Waals surface area contributed by atoms with Gasteiger partial charge >= 0.3 is 0 Å². The molecule has 1 aromatic rings. The molecule has 1 aromatic carbocycles. The molecule has 0 heterocycles. The van der Waals surface area contributed by atoms with Gasteiger partial charge in [0.05, 0.1) is 5.56 Å². The van der Waals surface area contributed by atoms with Crippen LogP contribution in [-0.2, 0) is 0 Å². The number of carbonyl (C=O) groups excluding carboxylic acids is 1. The van der Waals surface area contributed by atoms with Crippen LogP contribution in [-0.4, -0.2) is 28.9 Å². The number of amides is 1. The van der Waals surface area contributed by atoms with Gasteiger partial charge in [0.2, 0.25) is 0 Å².